The van der Waals surface area contributed by atoms with Crippen LogP contribution in [-0.2, 0) is 17.6 Å². The van der Waals surface area contributed by atoms with E-state index < -0.39 is 23.5 Å². The number of rotatable bonds is 4. The van der Waals surface area contributed by atoms with Crippen molar-refractivity contribution < 1.29 is 23.1 Å². The number of amides is 1. The summed E-state index contributed by atoms with van der Waals surface area (Å²) in [5.74, 6) is -3.19. The zero-order valence-electron chi connectivity index (χ0n) is 12.9. The van der Waals surface area contributed by atoms with Gasteiger partial charge in [-0.3, -0.25) is 4.79 Å². The number of carbonyl (C=O) groups excluding carboxylic acids is 2. The summed E-state index contributed by atoms with van der Waals surface area (Å²) >= 11 is 1.33. The van der Waals surface area contributed by atoms with Crippen LogP contribution in [0, 0.1) is 11.6 Å². The molecule has 4 nitrogen and oxygen atoms in total. The van der Waals surface area contributed by atoms with Gasteiger partial charge in [-0.25, -0.2) is 13.6 Å². The number of aryl methyl sites for hydroxylation is 1. The van der Waals surface area contributed by atoms with Crippen molar-refractivity contribution in [1.82, 2.24) is 0 Å². The highest BCUT2D eigenvalue weighted by molar-refractivity contribution is 7.17. The average molecular weight is 351 g/mol. The Hall–Kier alpha value is -2.28. The molecule has 0 bridgehead atoms. The molecule has 2 aromatic rings. The predicted octanol–water partition coefficient (Wildman–Crippen LogP) is 3.94. The molecule has 0 unspecified atom stereocenters. The lowest BCUT2D eigenvalue weighted by Crippen LogP contribution is -2.15. The fraction of sp³-hybridized carbons (Fsp3) is 0.294. The maximum Gasteiger partial charge on any atom is 0.341 e. The third-order valence-electron chi connectivity index (χ3n) is 3.81. The quantitative estimate of drug-likeness (QED) is 0.849. The Kier molecular flexibility index (Phi) is 4.62. The zero-order valence-corrected chi connectivity index (χ0v) is 13.8. The highest BCUT2D eigenvalue weighted by Crippen LogP contribution is 2.39. The summed E-state index contributed by atoms with van der Waals surface area (Å²) in [5, 5.41) is 3.03. The molecule has 1 heterocycles. The summed E-state index contributed by atoms with van der Waals surface area (Å²) in [5.41, 5.74) is 1.28. The van der Waals surface area contributed by atoms with Gasteiger partial charge in [-0.2, -0.15) is 0 Å². The van der Waals surface area contributed by atoms with Crippen molar-refractivity contribution in [2.75, 3.05) is 11.9 Å². The summed E-state index contributed by atoms with van der Waals surface area (Å²) in [6, 6.07) is 2.92. The monoisotopic (exact) mass is 351 g/mol. The Morgan fingerprint density at radius 1 is 1.25 bits per heavy atom. The molecule has 0 aliphatic heterocycles. The molecular formula is C17H15F2NO3S. The Bertz CT molecular complexity index is 816. The third-order valence-corrected chi connectivity index (χ3v) is 5.02. The number of ether oxygens (including phenoxy) is 1. The molecule has 1 aliphatic rings. The minimum absolute atomic E-state index is 0.0164. The Labute approximate surface area is 141 Å². The van der Waals surface area contributed by atoms with Gasteiger partial charge >= 0.3 is 5.97 Å². The van der Waals surface area contributed by atoms with Crippen LogP contribution in [0.15, 0.2) is 18.2 Å². The van der Waals surface area contributed by atoms with Crippen molar-refractivity contribution in [2.24, 2.45) is 0 Å². The lowest BCUT2D eigenvalue weighted by Gasteiger charge is -2.08. The van der Waals surface area contributed by atoms with Gasteiger partial charge in [0.05, 0.1) is 12.2 Å². The van der Waals surface area contributed by atoms with E-state index in [1.54, 1.807) is 6.92 Å². The molecule has 1 N–H and O–H groups in total. The molecule has 1 aromatic carbocycles. The Balaban J connectivity index is 1.90. The Morgan fingerprint density at radius 3 is 2.75 bits per heavy atom. The summed E-state index contributed by atoms with van der Waals surface area (Å²) in [6.07, 6.45) is 2.58. The third kappa shape index (κ3) is 3.03. The summed E-state index contributed by atoms with van der Waals surface area (Å²) in [4.78, 5) is 25.6. The number of thiophene rings is 1. The number of benzene rings is 1. The van der Waals surface area contributed by atoms with Crippen molar-refractivity contribution in [3.8, 4) is 0 Å². The van der Waals surface area contributed by atoms with Gasteiger partial charge in [-0.05, 0) is 49.9 Å². The Morgan fingerprint density at radius 2 is 2.04 bits per heavy atom. The van der Waals surface area contributed by atoms with Gasteiger partial charge in [0.25, 0.3) is 5.91 Å². The van der Waals surface area contributed by atoms with Crippen LogP contribution in [0.1, 0.15) is 44.5 Å². The molecule has 126 valence electrons. The van der Waals surface area contributed by atoms with E-state index in [0.29, 0.717) is 10.6 Å². The molecule has 3 rings (SSSR count). The lowest BCUT2D eigenvalue weighted by atomic mass is 10.1. The fourth-order valence-corrected chi connectivity index (χ4v) is 4.00. The minimum Gasteiger partial charge on any atom is -0.462 e. The van der Waals surface area contributed by atoms with E-state index >= 15 is 0 Å². The van der Waals surface area contributed by atoms with E-state index in [9.17, 15) is 18.4 Å². The average Bonchev–Trinajstić information content (AvgIpc) is 3.10. The number of fused-ring (bicyclic) bond motifs is 1. The van der Waals surface area contributed by atoms with Gasteiger partial charge < -0.3 is 10.1 Å². The number of carbonyl (C=O) groups is 2. The number of hydrogen-bond acceptors (Lipinski definition) is 4. The van der Waals surface area contributed by atoms with Crippen LogP contribution in [0.3, 0.4) is 0 Å². The molecule has 0 saturated heterocycles. The lowest BCUT2D eigenvalue weighted by molar-refractivity contribution is 0.0527. The molecular weight excluding hydrogens is 336 g/mol. The molecule has 24 heavy (non-hydrogen) atoms. The first-order valence-electron chi connectivity index (χ1n) is 7.59. The normalized spacial score (nSPS) is 12.8. The van der Waals surface area contributed by atoms with Gasteiger partial charge in [0.2, 0.25) is 0 Å². The summed E-state index contributed by atoms with van der Waals surface area (Å²) < 4.78 is 31.4. The molecule has 7 heteroatoms. The number of esters is 1. The molecule has 0 fully saturated rings. The minimum atomic E-state index is -1.10. The maximum atomic E-state index is 13.3. The molecule has 0 atom stereocenters. The van der Waals surface area contributed by atoms with Gasteiger partial charge in [-0.1, -0.05) is 0 Å². The van der Waals surface area contributed by atoms with E-state index in [-0.39, 0.29) is 12.2 Å². The smallest absolute Gasteiger partial charge is 0.341 e. The number of anilines is 1. The molecule has 0 spiro atoms. The van der Waals surface area contributed by atoms with Crippen molar-refractivity contribution >= 4 is 28.2 Å². The van der Waals surface area contributed by atoms with Gasteiger partial charge in [0.15, 0.2) is 11.6 Å². The van der Waals surface area contributed by atoms with Crippen molar-refractivity contribution in [3.05, 3.63) is 51.4 Å². The van der Waals surface area contributed by atoms with E-state index in [4.69, 9.17) is 4.74 Å². The first-order chi connectivity index (χ1) is 11.5. The van der Waals surface area contributed by atoms with Gasteiger partial charge in [0, 0.05) is 10.4 Å². The maximum absolute atomic E-state index is 13.3. The van der Waals surface area contributed by atoms with Crippen molar-refractivity contribution in [1.29, 1.82) is 0 Å². The first kappa shape index (κ1) is 16.6. The molecule has 0 saturated carbocycles. The topological polar surface area (TPSA) is 55.4 Å². The van der Waals surface area contributed by atoms with Gasteiger partial charge in [-0.15, -0.1) is 11.3 Å². The molecule has 1 aromatic heterocycles. The van der Waals surface area contributed by atoms with Gasteiger partial charge in [0.1, 0.15) is 5.00 Å². The fourth-order valence-electron chi connectivity index (χ4n) is 2.72. The van der Waals surface area contributed by atoms with Crippen LogP contribution in [0.2, 0.25) is 0 Å². The molecule has 0 radical (unpaired) electrons. The van der Waals surface area contributed by atoms with E-state index in [1.807, 2.05) is 0 Å². The highest BCUT2D eigenvalue weighted by Gasteiger charge is 2.28. The standard InChI is InChI=1S/C17H15F2NO3S/c1-2-23-17(22)14-10-4-3-5-13(10)24-16(14)20-15(21)9-6-7-11(18)12(19)8-9/h6-8H,2-5H2,1H3,(H,20,21). The van der Waals surface area contributed by atoms with E-state index in [2.05, 4.69) is 5.32 Å². The van der Waals surface area contributed by atoms with Crippen LogP contribution in [-0.4, -0.2) is 18.5 Å². The second kappa shape index (κ2) is 6.68. The predicted molar refractivity (Wildman–Crippen MR) is 86.6 cm³/mol. The van der Waals surface area contributed by atoms with Crippen molar-refractivity contribution in [2.45, 2.75) is 26.2 Å². The van der Waals surface area contributed by atoms with Crippen LogP contribution < -0.4 is 5.32 Å². The highest BCUT2D eigenvalue weighted by atomic mass is 32.1. The summed E-state index contributed by atoms with van der Waals surface area (Å²) in [7, 11) is 0. The first-order valence-corrected chi connectivity index (χ1v) is 8.41. The second-order valence-electron chi connectivity index (χ2n) is 5.36. The number of nitrogens with one attached hydrogen (secondary N) is 1. The SMILES string of the molecule is CCOC(=O)c1c(NC(=O)c2ccc(F)c(F)c2)sc2c1CCC2. The number of hydrogen-bond donors (Lipinski definition) is 1. The zero-order chi connectivity index (χ0) is 17.3. The van der Waals surface area contributed by atoms with Crippen molar-refractivity contribution in [3.63, 3.8) is 0 Å². The van der Waals surface area contributed by atoms with Crippen LogP contribution in [0.25, 0.3) is 0 Å². The van der Waals surface area contributed by atoms with Crippen LogP contribution in [0.5, 0.6) is 0 Å². The van der Waals surface area contributed by atoms with Crippen LogP contribution >= 0.6 is 11.3 Å². The summed E-state index contributed by atoms with van der Waals surface area (Å²) in [6.45, 7) is 1.95. The van der Waals surface area contributed by atoms with E-state index in [1.165, 1.54) is 17.4 Å². The largest absolute Gasteiger partial charge is 0.462 e. The van der Waals surface area contributed by atoms with E-state index in [0.717, 1.165) is 41.8 Å². The molecule has 1 aliphatic carbocycles. The second-order valence-corrected chi connectivity index (χ2v) is 6.47. The van der Waals surface area contributed by atoms with Crippen LogP contribution in [0.4, 0.5) is 13.8 Å². The number of halogens is 2. The molecule has 1 amide bonds.